The van der Waals surface area contributed by atoms with Gasteiger partial charge < -0.3 is 15.4 Å². The summed E-state index contributed by atoms with van der Waals surface area (Å²) < 4.78 is 5.16. The maximum atomic E-state index is 11.8. The van der Waals surface area contributed by atoms with Gasteiger partial charge in [-0.2, -0.15) is 0 Å². The smallest absolute Gasteiger partial charge is 0.407 e. The van der Waals surface area contributed by atoms with Crippen molar-refractivity contribution in [2.45, 2.75) is 65.0 Å². The van der Waals surface area contributed by atoms with Crippen molar-refractivity contribution in [1.29, 1.82) is 0 Å². The van der Waals surface area contributed by atoms with Crippen LogP contribution in [0.25, 0.3) is 0 Å². The third kappa shape index (κ3) is 8.38. The van der Waals surface area contributed by atoms with E-state index in [4.69, 9.17) is 4.74 Å². The number of alkyl carbamates (subject to hydrolysis) is 1. The molecule has 120 valence electrons. The molecular weight excluding hydrogens is 268 g/mol. The lowest BCUT2D eigenvalue weighted by molar-refractivity contribution is -0.121. The molecule has 0 aromatic rings. The van der Waals surface area contributed by atoms with E-state index >= 15 is 0 Å². The zero-order chi connectivity index (χ0) is 15.9. The van der Waals surface area contributed by atoms with Crippen LogP contribution in [0.5, 0.6) is 0 Å². The van der Waals surface area contributed by atoms with Gasteiger partial charge in [0.1, 0.15) is 5.60 Å². The Balaban J connectivity index is 2.21. The highest BCUT2D eigenvalue weighted by Gasteiger charge is 2.19. The average Bonchev–Trinajstić information content (AvgIpc) is 2.35. The van der Waals surface area contributed by atoms with E-state index in [-0.39, 0.29) is 18.4 Å². The third-order valence-electron chi connectivity index (χ3n) is 3.22. The lowest BCUT2D eigenvalue weighted by Gasteiger charge is -2.22. The number of allylic oxidation sites excluding steroid dienone is 2. The van der Waals surface area contributed by atoms with Crippen molar-refractivity contribution in [2.75, 3.05) is 6.54 Å². The normalized spacial score (nSPS) is 19.7. The molecule has 5 nitrogen and oxygen atoms in total. The molecule has 1 aliphatic rings. The molecule has 5 heteroatoms. The molecule has 0 heterocycles. The molecule has 0 aromatic carbocycles. The largest absolute Gasteiger partial charge is 0.444 e. The fourth-order valence-electron chi connectivity index (χ4n) is 2.21. The van der Waals surface area contributed by atoms with Gasteiger partial charge in [-0.3, -0.25) is 4.79 Å². The second-order valence-corrected chi connectivity index (χ2v) is 6.71. The fraction of sp³-hybridized carbons (Fsp3) is 0.750. The van der Waals surface area contributed by atoms with Gasteiger partial charge in [-0.05, 0) is 52.9 Å². The molecule has 2 amide bonds. The number of amides is 2. The van der Waals surface area contributed by atoms with Gasteiger partial charge in [0.2, 0.25) is 5.91 Å². The second kappa shape index (κ2) is 8.05. The van der Waals surface area contributed by atoms with Crippen LogP contribution >= 0.6 is 0 Å². The minimum absolute atomic E-state index is 0.0342. The van der Waals surface area contributed by atoms with Gasteiger partial charge in [-0.25, -0.2) is 4.79 Å². The molecule has 2 N–H and O–H groups in total. The second-order valence-electron chi connectivity index (χ2n) is 6.71. The molecule has 0 aromatic heterocycles. The molecule has 1 rings (SSSR count). The van der Waals surface area contributed by atoms with E-state index in [1.54, 1.807) is 6.92 Å². The molecule has 1 aliphatic carbocycles. The molecule has 0 spiro atoms. The molecule has 0 fully saturated rings. The lowest BCUT2D eigenvalue weighted by Crippen LogP contribution is -2.41. The monoisotopic (exact) mass is 296 g/mol. The van der Waals surface area contributed by atoms with Crippen molar-refractivity contribution >= 4 is 12.0 Å². The number of ether oxygens (including phenoxy) is 1. The van der Waals surface area contributed by atoms with E-state index in [9.17, 15) is 9.59 Å². The van der Waals surface area contributed by atoms with Crippen molar-refractivity contribution in [3.63, 3.8) is 0 Å². The Bertz CT molecular complexity index is 385. The van der Waals surface area contributed by atoms with E-state index in [0.717, 1.165) is 19.3 Å². The summed E-state index contributed by atoms with van der Waals surface area (Å²) >= 11 is 0. The number of carbonyl (C=O) groups is 2. The third-order valence-corrected chi connectivity index (χ3v) is 3.22. The van der Waals surface area contributed by atoms with Crippen molar-refractivity contribution < 1.29 is 14.3 Å². The summed E-state index contributed by atoms with van der Waals surface area (Å²) in [7, 11) is 0. The average molecular weight is 296 g/mol. The highest BCUT2D eigenvalue weighted by atomic mass is 16.6. The van der Waals surface area contributed by atoms with Crippen LogP contribution in [0.15, 0.2) is 12.2 Å². The number of hydrogen-bond acceptors (Lipinski definition) is 3. The first-order valence-corrected chi connectivity index (χ1v) is 7.67. The first-order valence-electron chi connectivity index (χ1n) is 7.67. The predicted octanol–water partition coefficient (Wildman–Crippen LogP) is 2.76. The van der Waals surface area contributed by atoms with Crippen LogP contribution in [0.4, 0.5) is 4.79 Å². The Hall–Kier alpha value is -1.52. The van der Waals surface area contributed by atoms with Gasteiger partial charge >= 0.3 is 6.09 Å². The maximum absolute atomic E-state index is 11.8. The molecule has 0 unspecified atom stereocenters. The summed E-state index contributed by atoms with van der Waals surface area (Å²) in [6.45, 7) is 7.93. The van der Waals surface area contributed by atoms with Crippen molar-refractivity contribution in [2.24, 2.45) is 5.92 Å². The highest BCUT2D eigenvalue weighted by molar-refractivity contribution is 5.77. The minimum Gasteiger partial charge on any atom is -0.444 e. The molecule has 0 bridgehead atoms. The molecule has 21 heavy (non-hydrogen) atoms. The molecule has 0 aliphatic heterocycles. The Labute approximate surface area is 127 Å². The number of rotatable bonds is 5. The van der Waals surface area contributed by atoms with Crippen LogP contribution < -0.4 is 10.6 Å². The SMILES string of the molecule is C[C@H](CC(=O)NC[C@H]1CC=CCC1)NC(=O)OC(C)(C)C. The van der Waals surface area contributed by atoms with Crippen molar-refractivity contribution in [3.8, 4) is 0 Å². The number of nitrogens with one attached hydrogen (secondary N) is 2. The summed E-state index contributed by atoms with van der Waals surface area (Å²) in [6, 6.07) is -0.244. The minimum atomic E-state index is -0.527. The van der Waals surface area contributed by atoms with E-state index in [2.05, 4.69) is 22.8 Å². The summed E-state index contributed by atoms with van der Waals surface area (Å²) in [5.41, 5.74) is -0.527. The zero-order valence-electron chi connectivity index (χ0n) is 13.6. The van der Waals surface area contributed by atoms with Gasteiger partial charge in [0.15, 0.2) is 0 Å². The molecule has 2 atom stereocenters. The first-order chi connectivity index (χ1) is 9.76. The predicted molar refractivity (Wildman–Crippen MR) is 82.9 cm³/mol. The molecule has 0 saturated carbocycles. The van der Waals surface area contributed by atoms with E-state index in [0.29, 0.717) is 12.5 Å². The topological polar surface area (TPSA) is 67.4 Å². The standard InChI is InChI=1S/C16H28N2O3/c1-12(18-15(20)21-16(2,3)4)10-14(19)17-11-13-8-6-5-7-9-13/h5-6,12-13H,7-11H2,1-4H3,(H,17,19)(H,18,20)/t12-,13+/m1/s1. The van der Waals surface area contributed by atoms with Gasteiger partial charge in [-0.1, -0.05) is 12.2 Å². The van der Waals surface area contributed by atoms with E-state index in [1.807, 2.05) is 20.8 Å². The van der Waals surface area contributed by atoms with Crippen LogP contribution in [-0.4, -0.2) is 30.2 Å². The van der Waals surface area contributed by atoms with Crippen LogP contribution in [-0.2, 0) is 9.53 Å². The van der Waals surface area contributed by atoms with Gasteiger partial charge in [0.25, 0.3) is 0 Å². The Morgan fingerprint density at radius 2 is 2.05 bits per heavy atom. The van der Waals surface area contributed by atoms with Gasteiger partial charge in [-0.15, -0.1) is 0 Å². The van der Waals surface area contributed by atoms with Crippen LogP contribution in [0.2, 0.25) is 0 Å². The Morgan fingerprint density at radius 3 is 2.62 bits per heavy atom. The van der Waals surface area contributed by atoms with Crippen molar-refractivity contribution in [1.82, 2.24) is 10.6 Å². The van der Waals surface area contributed by atoms with Crippen molar-refractivity contribution in [3.05, 3.63) is 12.2 Å². The quantitative estimate of drug-likeness (QED) is 0.767. The van der Waals surface area contributed by atoms with E-state index in [1.165, 1.54) is 0 Å². The molecule has 0 radical (unpaired) electrons. The van der Waals surface area contributed by atoms with Crippen LogP contribution in [0.1, 0.15) is 53.4 Å². The molecular formula is C16H28N2O3. The fourth-order valence-corrected chi connectivity index (χ4v) is 2.21. The first kappa shape index (κ1) is 17.5. The summed E-state index contributed by atoms with van der Waals surface area (Å²) in [4.78, 5) is 23.4. The van der Waals surface area contributed by atoms with Crippen LogP contribution in [0, 0.1) is 5.92 Å². The Morgan fingerprint density at radius 1 is 1.33 bits per heavy atom. The summed E-state index contributed by atoms with van der Waals surface area (Å²) in [5.74, 6) is 0.501. The molecule has 0 saturated heterocycles. The number of hydrogen-bond donors (Lipinski definition) is 2. The van der Waals surface area contributed by atoms with Gasteiger partial charge in [0.05, 0.1) is 0 Å². The zero-order valence-corrected chi connectivity index (χ0v) is 13.6. The summed E-state index contributed by atoms with van der Waals surface area (Å²) in [6.07, 6.45) is 7.39. The maximum Gasteiger partial charge on any atom is 0.407 e. The van der Waals surface area contributed by atoms with Gasteiger partial charge in [0, 0.05) is 19.0 Å². The Kier molecular flexibility index (Phi) is 6.72. The van der Waals surface area contributed by atoms with E-state index < -0.39 is 11.7 Å². The number of carbonyl (C=O) groups excluding carboxylic acids is 2. The van der Waals surface area contributed by atoms with Crippen LogP contribution in [0.3, 0.4) is 0 Å². The summed E-state index contributed by atoms with van der Waals surface area (Å²) in [5, 5.41) is 5.61. The highest BCUT2D eigenvalue weighted by Crippen LogP contribution is 2.16. The lowest BCUT2D eigenvalue weighted by atomic mass is 9.94.